The Morgan fingerprint density at radius 3 is 2.00 bits per heavy atom. The summed E-state index contributed by atoms with van der Waals surface area (Å²) in [4.78, 5) is 0. The molecule has 1 aliphatic carbocycles. The Kier molecular flexibility index (Phi) is 16.4. The smallest absolute Gasteiger partial charge is 1.00 e. The number of hydrogen-bond donors (Lipinski definition) is 0. The van der Waals surface area contributed by atoms with Gasteiger partial charge in [-0.2, -0.15) is 0 Å². The molecule has 0 saturated carbocycles. The van der Waals surface area contributed by atoms with Gasteiger partial charge in [-0.05, 0) is 13.3 Å². The van der Waals surface area contributed by atoms with Gasteiger partial charge in [0.1, 0.15) is 0 Å². The quantitative estimate of drug-likeness (QED) is 0.405. The van der Waals surface area contributed by atoms with E-state index in [4.69, 9.17) is 0 Å². The van der Waals surface area contributed by atoms with Crippen LogP contribution in [-0.2, 0) is 26.2 Å². The Hall–Kier alpha value is 0.943. The molecule has 0 atom stereocenters. The first-order valence-corrected chi connectivity index (χ1v) is 2.22. The van der Waals surface area contributed by atoms with Gasteiger partial charge in [-0.25, -0.2) is 0 Å². The molecule has 0 saturated heterocycles. The Morgan fingerprint density at radius 1 is 1.33 bits per heavy atom. The fraction of sp³-hybridized carbons (Fsp3) is 0.333. The van der Waals surface area contributed by atoms with Gasteiger partial charge in [0.05, 0.1) is 0 Å². The molecular formula is C6H8Cl2Zr. The van der Waals surface area contributed by atoms with Gasteiger partial charge in [0, 0.05) is 0 Å². The Morgan fingerprint density at radius 2 is 1.89 bits per heavy atom. The summed E-state index contributed by atoms with van der Waals surface area (Å²) in [5, 5.41) is 0. The molecular weight excluding hydrogens is 234 g/mol. The Bertz CT molecular complexity index is 108. The van der Waals surface area contributed by atoms with Gasteiger partial charge in [-0.1, -0.05) is 23.8 Å². The van der Waals surface area contributed by atoms with Crippen LogP contribution in [0.3, 0.4) is 0 Å². The van der Waals surface area contributed by atoms with E-state index in [0.29, 0.717) is 0 Å². The molecule has 0 aromatic carbocycles. The standard InChI is InChI=1S/C6H8.2ClH.Zr/c1-6-4-2-3-5-6;;;/h2-4H,5H2,1H3;2*1H;/q;;;+2/p-2. The Labute approximate surface area is 87.7 Å². The van der Waals surface area contributed by atoms with Crippen molar-refractivity contribution in [1.82, 2.24) is 0 Å². The molecule has 0 aromatic heterocycles. The third-order valence-electron chi connectivity index (χ3n) is 0.957. The molecule has 0 aliphatic heterocycles. The second-order valence-electron chi connectivity index (χ2n) is 1.65. The van der Waals surface area contributed by atoms with E-state index in [0.717, 1.165) is 0 Å². The maximum atomic E-state index is 2.16. The zero-order valence-corrected chi connectivity index (χ0v) is 9.16. The first kappa shape index (κ1) is 16.5. The fourth-order valence-corrected chi connectivity index (χ4v) is 0.554. The SMILES string of the molecule is CC1=CC=CC1.[Cl-].[Cl-].[Zr+2]. The molecule has 0 aromatic rings. The zero-order valence-electron chi connectivity index (χ0n) is 5.20. The summed E-state index contributed by atoms with van der Waals surface area (Å²) >= 11 is 0. The van der Waals surface area contributed by atoms with Crippen molar-refractivity contribution in [2.75, 3.05) is 0 Å². The summed E-state index contributed by atoms with van der Waals surface area (Å²) in [6, 6.07) is 0. The van der Waals surface area contributed by atoms with E-state index in [1.54, 1.807) is 0 Å². The van der Waals surface area contributed by atoms with Crippen LogP contribution in [0.5, 0.6) is 0 Å². The molecule has 3 heteroatoms. The van der Waals surface area contributed by atoms with E-state index in [1.807, 2.05) is 0 Å². The van der Waals surface area contributed by atoms with Crippen LogP contribution in [0.15, 0.2) is 23.8 Å². The van der Waals surface area contributed by atoms with Crippen molar-refractivity contribution in [2.45, 2.75) is 13.3 Å². The van der Waals surface area contributed by atoms with Gasteiger partial charge < -0.3 is 24.8 Å². The summed E-state index contributed by atoms with van der Waals surface area (Å²) in [5.74, 6) is 0. The van der Waals surface area contributed by atoms with Gasteiger partial charge in [-0.15, -0.1) is 0 Å². The molecule has 1 aliphatic rings. The van der Waals surface area contributed by atoms with Crippen molar-refractivity contribution in [3.63, 3.8) is 0 Å². The molecule has 0 N–H and O–H groups in total. The van der Waals surface area contributed by atoms with Crippen LogP contribution in [0.2, 0.25) is 0 Å². The molecule has 1 rings (SSSR count). The average molecular weight is 242 g/mol. The second-order valence-corrected chi connectivity index (χ2v) is 1.65. The third-order valence-corrected chi connectivity index (χ3v) is 0.957. The first-order valence-electron chi connectivity index (χ1n) is 2.22. The summed E-state index contributed by atoms with van der Waals surface area (Å²) in [6.07, 6.45) is 7.56. The van der Waals surface area contributed by atoms with Crippen molar-refractivity contribution in [2.24, 2.45) is 0 Å². The van der Waals surface area contributed by atoms with E-state index in [9.17, 15) is 0 Å². The van der Waals surface area contributed by atoms with E-state index in [1.165, 1.54) is 12.0 Å². The number of halogens is 2. The first-order chi connectivity index (χ1) is 2.89. The molecule has 9 heavy (non-hydrogen) atoms. The van der Waals surface area contributed by atoms with Crippen LogP contribution in [0.1, 0.15) is 13.3 Å². The van der Waals surface area contributed by atoms with Crippen molar-refractivity contribution in [3.05, 3.63) is 23.8 Å². The molecule has 0 radical (unpaired) electrons. The molecule has 50 valence electrons. The van der Waals surface area contributed by atoms with E-state index >= 15 is 0 Å². The number of rotatable bonds is 0. The Balaban J connectivity index is -0.000000120. The zero-order chi connectivity index (χ0) is 4.41. The maximum absolute atomic E-state index is 2.16. The minimum atomic E-state index is 0. The minimum Gasteiger partial charge on any atom is -1.00 e. The second kappa shape index (κ2) is 8.94. The topological polar surface area (TPSA) is 0 Å². The van der Waals surface area contributed by atoms with Gasteiger partial charge in [0.2, 0.25) is 0 Å². The summed E-state index contributed by atoms with van der Waals surface area (Å²) < 4.78 is 0. The molecule has 0 amide bonds. The molecule has 0 unspecified atom stereocenters. The molecule has 0 fully saturated rings. The summed E-state index contributed by atoms with van der Waals surface area (Å²) in [6.45, 7) is 2.14. The van der Waals surface area contributed by atoms with E-state index in [2.05, 4.69) is 25.2 Å². The van der Waals surface area contributed by atoms with Gasteiger partial charge in [0.15, 0.2) is 0 Å². The predicted octanol–water partition coefficient (Wildman–Crippen LogP) is -4.10. The van der Waals surface area contributed by atoms with Crippen LogP contribution in [0.25, 0.3) is 0 Å². The maximum Gasteiger partial charge on any atom is 2.00 e. The monoisotopic (exact) mass is 240 g/mol. The van der Waals surface area contributed by atoms with E-state index < -0.39 is 0 Å². The molecule has 0 spiro atoms. The number of allylic oxidation sites excluding steroid dienone is 4. The predicted molar refractivity (Wildman–Crippen MR) is 27.5 cm³/mol. The summed E-state index contributed by atoms with van der Waals surface area (Å²) in [5.41, 5.74) is 1.47. The van der Waals surface area contributed by atoms with Crippen molar-refractivity contribution in [1.29, 1.82) is 0 Å². The number of hydrogen-bond acceptors (Lipinski definition) is 0. The third kappa shape index (κ3) is 6.83. The van der Waals surface area contributed by atoms with Gasteiger partial charge in [0.25, 0.3) is 0 Å². The van der Waals surface area contributed by atoms with Crippen molar-refractivity contribution < 1.29 is 51.0 Å². The van der Waals surface area contributed by atoms with Crippen LogP contribution >= 0.6 is 0 Å². The molecule has 0 nitrogen and oxygen atoms in total. The largest absolute Gasteiger partial charge is 2.00 e. The van der Waals surface area contributed by atoms with Gasteiger partial charge >= 0.3 is 26.2 Å². The van der Waals surface area contributed by atoms with Crippen LogP contribution < -0.4 is 24.8 Å². The normalized spacial score (nSPS) is 12.3. The van der Waals surface area contributed by atoms with Crippen LogP contribution in [0.4, 0.5) is 0 Å². The molecule has 0 bridgehead atoms. The fourth-order valence-electron chi connectivity index (χ4n) is 0.554. The van der Waals surface area contributed by atoms with Crippen molar-refractivity contribution in [3.8, 4) is 0 Å². The van der Waals surface area contributed by atoms with Crippen LogP contribution in [0, 0.1) is 0 Å². The average Bonchev–Trinajstić information content (AvgIpc) is 1.86. The summed E-state index contributed by atoms with van der Waals surface area (Å²) in [7, 11) is 0. The van der Waals surface area contributed by atoms with Gasteiger partial charge in [-0.3, -0.25) is 0 Å². The molecule has 0 heterocycles. The van der Waals surface area contributed by atoms with Crippen LogP contribution in [-0.4, -0.2) is 0 Å². The van der Waals surface area contributed by atoms with Crippen molar-refractivity contribution >= 4 is 0 Å². The van der Waals surface area contributed by atoms with E-state index in [-0.39, 0.29) is 51.0 Å². The minimum absolute atomic E-state index is 0.